The van der Waals surface area contributed by atoms with Crippen LogP contribution in [0.5, 0.6) is 0 Å². The molecule has 1 atom stereocenters. The summed E-state index contributed by atoms with van der Waals surface area (Å²) >= 11 is 0. The number of imidazole rings is 1. The Bertz CT molecular complexity index is 450. The highest BCUT2D eigenvalue weighted by molar-refractivity contribution is 5.43. The Kier molecular flexibility index (Phi) is 2.23. The maximum absolute atomic E-state index is 9.61. The second-order valence-electron chi connectivity index (χ2n) is 3.26. The normalized spacial score (nSPS) is 13.4. The van der Waals surface area contributed by atoms with Crippen LogP contribution in [0.15, 0.2) is 24.4 Å². The van der Waals surface area contributed by atoms with E-state index >= 15 is 0 Å². The fourth-order valence-electron chi connectivity index (χ4n) is 1.56. The number of aryl methyl sites for hydroxylation is 1. The summed E-state index contributed by atoms with van der Waals surface area (Å²) in [5.74, 6) is 0. The Morgan fingerprint density at radius 2 is 2.36 bits per heavy atom. The fraction of sp³-hybridized carbons (Fsp3) is 0.300. The van der Waals surface area contributed by atoms with Gasteiger partial charge in [-0.3, -0.25) is 0 Å². The van der Waals surface area contributed by atoms with Crippen LogP contribution in [0.3, 0.4) is 0 Å². The van der Waals surface area contributed by atoms with Gasteiger partial charge in [0, 0.05) is 18.4 Å². The number of nitrogens with two attached hydrogens (primary N) is 1. The average molecular weight is 191 g/mol. The highest BCUT2D eigenvalue weighted by Gasteiger charge is 2.14. The van der Waals surface area contributed by atoms with Crippen molar-refractivity contribution in [3.63, 3.8) is 0 Å². The second-order valence-corrected chi connectivity index (χ2v) is 3.26. The van der Waals surface area contributed by atoms with Crippen molar-refractivity contribution >= 4 is 5.65 Å². The summed E-state index contributed by atoms with van der Waals surface area (Å²) in [4.78, 5) is 4.32. The first kappa shape index (κ1) is 9.18. The third-order valence-corrected chi connectivity index (χ3v) is 2.34. The third kappa shape index (κ3) is 1.29. The molecule has 2 rings (SSSR count). The average Bonchev–Trinajstić information content (AvgIpc) is 2.56. The van der Waals surface area contributed by atoms with E-state index in [0.717, 1.165) is 11.3 Å². The van der Waals surface area contributed by atoms with Gasteiger partial charge in [-0.25, -0.2) is 4.98 Å². The van der Waals surface area contributed by atoms with Crippen molar-refractivity contribution in [1.29, 1.82) is 0 Å². The number of aromatic nitrogens is 2. The summed E-state index contributed by atoms with van der Waals surface area (Å²) in [6.45, 7) is 2.12. The lowest BCUT2D eigenvalue weighted by molar-refractivity contribution is 0.181. The SMILES string of the molecule is Cc1c(C(O)CN)nc2ccccn12. The predicted molar refractivity (Wildman–Crippen MR) is 53.9 cm³/mol. The van der Waals surface area contributed by atoms with Crippen molar-refractivity contribution in [1.82, 2.24) is 9.38 Å². The van der Waals surface area contributed by atoms with E-state index in [-0.39, 0.29) is 6.54 Å². The molecule has 2 heterocycles. The maximum Gasteiger partial charge on any atom is 0.137 e. The predicted octanol–water partition coefficient (Wildman–Crippen LogP) is 0.635. The van der Waals surface area contributed by atoms with Crippen LogP contribution in [0.1, 0.15) is 17.5 Å². The summed E-state index contributed by atoms with van der Waals surface area (Å²) < 4.78 is 1.94. The van der Waals surface area contributed by atoms with Crippen LogP contribution < -0.4 is 5.73 Å². The van der Waals surface area contributed by atoms with Crippen LogP contribution in [-0.2, 0) is 0 Å². The Morgan fingerprint density at radius 1 is 1.57 bits per heavy atom. The van der Waals surface area contributed by atoms with E-state index in [1.54, 1.807) is 0 Å². The molecule has 0 amide bonds. The zero-order chi connectivity index (χ0) is 10.1. The molecule has 0 spiro atoms. The van der Waals surface area contributed by atoms with Gasteiger partial charge in [-0.05, 0) is 19.1 Å². The van der Waals surface area contributed by atoms with Gasteiger partial charge in [0.1, 0.15) is 11.8 Å². The smallest absolute Gasteiger partial charge is 0.137 e. The largest absolute Gasteiger partial charge is 0.385 e. The van der Waals surface area contributed by atoms with Crippen molar-refractivity contribution in [2.24, 2.45) is 5.73 Å². The first-order valence-corrected chi connectivity index (χ1v) is 4.55. The molecule has 0 bridgehead atoms. The van der Waals surface area contributed by atoms with Gasteiger partial charge >= 0.3 is 0 Å². The molecule has 14 heavy (non-hydrogen) atoms. The highest BCUT2D eigenvalue weighted by Crippen LogP contribution is 2.17. The van der Waals surface area contributed by atoms with Gasteiger partial charge in [0.25, 0.3) is 0 Å². The lowest BCUT2D eigenvalue weighted by atomic mass is 10.2. The Balaban J connectivity index is 2.62. The first-order chi connectivity index (χ1) is 6.74. The molecule has 0 aliphatic heterocycles. The van der Waals surface area contributed by atoms with E-state index in [4.69, 9.17) is 5.73 Å². The minimum absolute atomic E-state index is 0.199. The van der Waals surface area contributed by atoms with Crippen molar-refractivity contribution < 1.29 is 5.11 Å². The number of hydrogen-bond acceptors (Lipinski definition) is 3. The topological polar surface area (TPSA) is 63.5 Å². The summed E-state index contributed by atoms with van der Waals surface area (Å²) in [6.07, 6.45) is 1.25. The molecule has 2 aromatic rings. The standard InChI is InChI=1S/C10H13N3O/c1-7-10(8(14)6-11)12-9-4-2-3-5-13(7)9/h2-5,8,14H,6,11H2,1H3. The van der Waals surface area contributed by atoms with Gasteiger partial charge in [-0.1, -0.05) is 6.07 Å². The monoisotopic (exact) mass is 191 g/mol. The molecule has 0 fully saturated rings. The molecule has 0 radical (unpaired) electrons. The quantitative estimate of drug-likeness (QED) is 0.732. The number of fused-ring (bicyclic) bond motifs is 1. The molecule has 0 aliphatic rings. The zero-order valence-corrected chi connectivity index (χ0v) is 8.01. The van der Waals surface area contributed by atoms with E-state index < -0.39 is 6.10 Å². The Hall–Kier alpha value is -1.39. The summed E-state index contributed by atoms with van der Waals surface area (Å²) in [7, 11) is 0. The zero-order valence-electron chi connectivity index (χ0n) is 8.01. The molecule has 0 aromatic carbocycles. The number of rotatable bonds is 2. The van der Waals surface area contributed by atoms with Gasteiger partial charge in [0.2, 0.25) is 0 Å². The van der Waals surface area contributed by atoms with Gasteiger partial charge in [-0.15, -0.1) is 0 Å². The molecule has 3 N–H and O–H groups in total. The number of nitrogens with zero attached hydrogens (tertiary/aromatic N) is 2. The molecule has 0 aliphatic carbocycles. The van der Waals surface area contributed by atoms with Gasteiger partial charge < -0.3 is 15.2 Å². The number of aliphatic hydroxyl groups excluding tert-OH is 1. The van der Waals surface area contributed by atoms with E-state index in [1.165, 1.54) is 0 Å². The minimum atomic E-state index is -0.671. The van der Waals surface area contributed by atoms with Crippen molar-refractivity contribution in [3.8, 4) is 0 Å². The number of hydrogen-bond donors (Lipinski definition) is 2. The highest BCUT2D eigenvalue weighted by atomic mass is 16.3. The molecule has 1 unspecified atom stereocenters. The van der Waals surface area contributed by atoms with Crippen LogP contribution in [0.2, 0.25) is 0 Å². The van der Waals surface area contributed by atoms with Crippen molar-refractivity contribution in [3.05, 3.63) is 35.8 Å². The summed E-state index contributed by atoms with van der Waals surface area (Å²) in [5.41, 5.74) is 7.84. The van der Waals surface area contributed by atoms with E-state index in [9.17, 15) is 5.11 Å². The fourth-order valence-corrected chi connectivity index (χ4v) is 1.56. The lowest BCUT2D eigenvalue weighted by Crippen LogP contribution is -2.12. The number of pyridine rings is 1. The summed E-state index contributed by atoms with van der Waals surface area (Å²) in [6, 6.07) is 5.75. The van der Waals surface area contributed by atoms with Crippen molar-refractivity contribution in [2.45, 2.75) is 13.0 Å². The minimum Gasteiger partial charge on any atom is -0.385 e. The third-order valence-electron chi connectivity index (χ3n) is 2.34. The van der Waals surface area contributed by atoms with Crippen molar-refractivity contribution in [2.75, 3.05) is 6.54 Å². The first-order valence-electron chi connectivity index (χ1n) is 4.55. The van der Waals surface area contributed by atoms with E-state index in [1.807, 2.05) is 35.7 Å². The van der Waals surface area contributed by atoms with Crippen LogP contribution in [0.4, 0.5) is 0 Å². The van der Waals surface area contributed by atoms with Gasteiger partial charge in [-0.2, -0.15) is 0 Å². The Morgan fingerprint density at radius 3 is 3.00 bits per heavy atom. The van der Waals surface area contributed by atoms with E-state index in [2.05, 4.69) is 4.98 Å². The molecule has 4 heteroatoms. The molecule has 0 saturated heterocycles. The van der Waals surface area contributed by atoms with Crippen LogP contribution in [-0.4, -0.2) is 21.0 Å². The molecule has 4 nitrogen and oxygen atoms in total. The molecule has 0 saturated carbocycles. The van der Waals surface area contributed by atoms with Gasteiger partial charge in [0.05, 0.1) is 5.69 Å². The molecular weight excluding hydrogens is 178 g/mol. The van der Waals surface area contributed by atoms with Crippen LogP contribution in [0, 0.1) is 6.92 Å². The Labute approximate surface area is 82.0 Å². The molecule has 2 aromatic heterocycles. The number of aliphatic hydroxyl groups is 1. The van der Waals surface area contributed by atoms with Gasteiger partial charge in [0.15, 0.2) is 0 Å². The molecule has 74 valence electrons. The summed E-state index contributed by atoms with van der Waals surface area (Å²) in [5, 5.41) is 9.61. The lowest BCUT2D eigenvalue weighted by Gasteiger charge is -2.04. The van der Waals surface area contributed by atoms with Crippen LogP contribution >= 0.6 is 0 Å². The molecular formula is C10H13N3O. The maximum atomic E-state index is 9.61. The second kappa shape index (κ2) is 3.40. The van der Waals surface area contributed by atoms with Crippen LogP contribution in [0.25, 0.3) is 5.65 Å². The van der Waals surface area contributed by atoms with E-state index in [0.29, 0.717) is 5.69 Å².